The molecule has 0 aliphatic carbocycles. The van der Waals surface area contributed by atoms with Crippen molar-refractivity contribution in [1.29, 1.82) is 0 Å². The van der Waals surface area contributed by atoms with E-state index in [1.165, 1.54) is 5.56 Å². The molecule has 0 saturated heterocycles. The van der Waals surface area contributed by atoms with E-state index in [4.69, 9.17) is 0 Å². The lowest BCUT2D eigenvalue weighted by molar-refractivity contribution is -0.120. The maximum atomic E-state index is 11.2. The first kappa shape index (κ1) is 14.7. The summed E-state index contributed by atoms with van der Waals surface area (Å²) < 4.78 is 2.04. The van der Waals surface area contributed by atoms with Crippen LogP contribution in [-0.2, 0) is 4.79 Å². The second-order valence-corrected chi connectivity index (χ2v) is 4.96. The van der Waals surface area contributed by atoms with Crippen molar-refractivity contribution in [3.63, 3.8) is 0 Å². The predicted octanol–water partition coefficient (Wildman–Crippen LogP) is 2.87. The molecule has 102 valence electrons. The summed E-state index contributed by atoms with van der Waals surface area (Å²) in [7, 11) is 0. The number of hydrogen-bond acceptors (Lipinski definition) is 2. The van der Waals surface area contributed by atoms with Gasteiger partial charge in [0.05, 0.1) is 12.2 Å². The van der Waals surface area contributed by atoms with Crippen molar-refractivity contribution in [2.24, 2.45) is 0 Å². The molecule has 1 heterocycles. The van der Waals surface area contributed by atoms with Crippen molar-refractivity contribution >= 4 is 5.91 Å². The van der Waals surface area contributed by atoms with Gasteiger partial charge in [-0.15, -0.1) is 0 Å². The van der Waals surface area contributed by atoms with Crippen LogP contribution in [0.15, 0.2) is 12.4 Å². The van der Waals surface area contributed by atoms with Gasteiger partial charge in [0, 0.05) is 19.2 Å². The molecule has 1 amide bonds. The molecule has 0 aliphatic heterocycles. The Hall–Kier alpha value is -1.32. The fourth-order valence-corrected chi connectivity index (χ4v) is 1.88. The molecule has 1 aromatic heterocycles. The lowest BCUT2D eigenvalue weighted by Gasteiger charge is -2.15. The highest BCUT2D eigenvalue weighted by Crippen LogP contribution is 2.19. The number of rotatable bonds is 7. The van der Waals surface area contributed by atoms with E-state index in [-0.39, 0.29) is 5.91 Å². The van der Waals surface area contributed by atoms with Crippen LogP contribution in [0.25, 0.3) is 0 Å². The van der Waals surface area contributed by atoms with Gasteiger partial charge in [-0.25, -0.2) is 0 Å². The number of nitrogens with one attached hydrogen (secondary N) is 1. The van der Waals surface area contributed by atoms with E-state index in [9.17, 15) is 4.79 Å². The summed E-state index contributed by atoms with van der Waals surface area (Å²) in [6.45, 7) is 9.09. The molecule has 1 atom stereocenters. The average Bonchev–Trinajstić information content (AvgIpc) is 2.83. The number of carbonyl (C=O) groups is 1. The van der Waals surface area contributed by atoms with Crippen LogP contribution in [-0.4, -0.2) is 22.2 Å². The molecule has 1 unspecified atom stereocenters. The molecule has 0 spiro atoms. The zero-order valence-corrected chi connectivity index (χ0v) is 11.9. The Bertz CT molecular complexity index is 371. The molecule has 1 N–H and O–H groups in total. The topological polar surface area (TPSA) is 46.9 Å². The summed E-state index contributed by atoms with van der Waals surface area (Å²) in [4.78, 5) is 11.2. The second-order valence-electron chi connectivity index (χ2n) is 4.96. The zero-order valence-electron chi connectivity index (χ0n) is 11.9. The van der Waals surface area contributed by atoms with E-state index in [1.54, 1.807) is 0 Å². The summed E-state index contributed by atoms with van der Waals surface area (Å²) in [5.41, 5.74) is 1.27. The molecule has 1 aromatic rings. The van der Waals surface area contributed by atoms with Crippen molar-refractivity contribution < 1.29 is 4.79 Å². The van der Waals surface area contributed by atoms with E-state index in [2.05, 4.69) is 37.4 Å². The van der Waals surface area contributed by atoms with E-state index in [0.29, 0.717) is 18.4 Å². The van der Waals surface area contributed by atoms with Gasteiger partial charge in [0.15, 0.2) is 0 Å². The maximum Gasteiger partial charge on any atom is 0.219 e. The molecule has 0 radical (unpaired) electrons. The number of amides is 1. The van der Waals surface area contributed by atoms with Gasteiger partial charge in [0.1, 0.15) is 0 Å². The highest BCUT2D eigenvalue weighted by Gasteiger charge is 2.11. The van der Waals surface area contributed by atoms with Crippen LogP contribution in [0.5, 0.6) is 0 Å². The summed E-state index contributed by atoms with van der Waals surface area (Å²) in [6.07, 6.45) is 6.58. The van der Waals surface area contributed by atoms with Gasteiger partial charge >= 0.3 is 0 Å². The van der Waals surface area contributed by atoms with E-state index in [0.717, 1.165) is 19.4 Å². The Balaban J connectivity index is 2.51. The molecular formula is C14H25N3O. The Labute approximate surface area is 110 Å². The third-order valence-electron chi connectivity index (χ3n) is 3.25. The van der Waals surface area contributed by atoms with Crippen LogP contribution in [0.4, 0.5) is 0 Å². The lowest BCUT2D eigenvalue weighted by Crippen LogP contribution is -2.25. The van der Waals surface area contributed by atoms with E-state index >= 15 is 0 Å². The Morgan fingerprint density at radius 1 is 1.44 bits per heavy atom. The first-order valence-electron chi connectivity index (χ1n) is 6.89. The van der Waals surface area contributed by atoms with Crippen LogP contribution in [0.1, 0.15) is 64.5 Å². The standard InChI is InChI=1S/C14H25N3O/c1-5-13(7-8-15-14(18)6-2)17-10-12(9-16-17)11(3)4/h9-11,13H,5-8H2,1-4H3,(H,15,18). The molecule has 0 fully saturated rings. The summed E-state index contributed by atoms with van der Waals surface area (Å²) in [5.74, 6) is 0.629. The first-order chi connectivity index (χ1) is 8.58. The fraction of sp³-hybridized carbons (Fsp3) is 0.714. The van der Waals surface area contributed by atoms with Crippen LogP contribution >= 0.6 is 0 Å². The fourth-order valence-electron chi connectivity index (χ4n) is 1.88. The van der Waals surface area contributed by atoms with Crippen molar-refractivity contribution in [1.82, 2.24) is 15.1 Å². The summed E-state index contributed by atoms with van der Waals surface area (Å²) >= 11 is 0. The third-order valence-corrected chi connectivity index (χ3v) is 3.25. The minimum atomic E-state index is 0.119. The maximum absolute atomic E-state index is 11.2. The highest BCUT2D eigenvalue weighted by atomic mass is 16.1. The third kappa shape index (κ3) is 4.17. The molecule has 0 aliphatic rings. The minimum absolute atomic E-state index is 0.119. The van der Waals surface area contributed by atoms with Crippen molar-refractivity contribution in [2.45, 2.75) is 58.9 Å². The van der Waals surface area contributed by atoms with Crippen LogP contribution in [0.3, 0.4) is 0 Å². The van der Waals surface area contributed by atoms with Gasteiger partial charge in [-0.3, -0.25) is 9.48 Å². The Morgan fingerprint density at radius 3 is 2.67 bits per heavy atom. The SMILES string of the molecule is CCC(=O)NCCC(CC)n1cc(C(C)C)cn1. The van der Waals surface area contributed by atoms with Gasteiger partial charge in [-0.2, -0.15) is 5.10 Å². The highest BCUT2D eigenvalue weighted by molar-refractivity contribution is 5.75. The quantitative estimate of drug-likeness (QED) is 0.810. The number of nitrogens with zero attached hydrogens (tertiary/aromatic N) is 2. The minimum Gasteiger partial charge on any atom is -0.356 e. The molecule has 1 rings (SSSR count). The van der Waals surface area contributed by atoms with Crippen LogP contribution < -0.4 is 5.32 Å². The van der Waals surface area contributed by atoms with E-state index in [1.807, 2.05) is 17.8 Å². The average molecular weight is 251 g/mol. The summed E-state index contributed by atoms with van der Waals surface area (Å²) in [6, 6.07) is 0.370. The number of aromatic nitrogens is 2. The molecular weight excluding hydrogens is 226 g/mol. The number of carbonyl (C=O) groups excluding carboxylic acids is 1. The smallest absolute Gasteiger partial charge is 0.219 e. The molecule has 0 saturated carbocycles. The summed E-state index contributed by atoms with van der Waals surface area (Å²) in [5, 5.41) is 7.35. The van der Waals surface area contributed by atoms with Gasteiger partial charge in [0.2, 0.25) is 5.91 Å². The first-order valence-corrected chi connectivity index (χ1v) is 6.89. The molecule has 4 heteroatoms. The molecule has 0 aromatic carbocycles. The Kier molecular flexibility index (Phi) is 5.89. The van der Waals surface area contributed by atoms with Gasteiger partial charge in [-0.1, -0.05) is 27.7 Å². The van der Waals surface area contributed by atoms with Crippen molar-refractivity contribution in [3.05, 3.63) is 18.0 Å². The van der Waals surface area contributed by atoms with Crippen molar-refractivity contribution in [3.8, 4) is 0 Å². The zero-order chi connectivity index (χ0) is 13.5. The lowest BCUT2D eigenvalue weighted by atomic mass is 10.1. The molecule has 4 nitrogen and oxygen atoms in total. The second kappa shape index (κ2) is 7.19. The van der Waals surface area contributed by atoms with Crippen LogP contribution in [0.2, 0.25) is 0 Å². The van der Waals surface area contributed by atoms with E-state index < -0.39 is 0 Å². The normalized spacial score (nSPS) is 12.7. The van der Waals surface area contributed by atoms with Gasteiger partial charge in [0.25, 0.3) is 0 Å². The number of hydrogen-bond donors (Lipinski definition) is 1. The van der Waals surface area contributed by atoms with Gasteiger partial charge < -0.3 is 5.32 Å². The largest absolute Gasteiger partial charge is 0.356 e. The monoisotopic (exact) mass is 251 g/mol. The molecule has 18 heavy (non-hydrogen) atoms. The van der Waals surface area contributed by atoms with Crippen molar-refractivity contribution in [2.75, 3.05) is 6.54 Å². The van der Waals surface area contributed by atoms with Crippen LogP contribution in [0, 0.1) is 0 Å². The Morgan fingerprint density at radius 2 is 2.17 bits per heavy atom. The molecule has 0 bridgehead atoms. The predicted molar refractivity (Wildman–Crippen MR) is 73.6 cm³/mol. The van der Waals surface area contributed by atoms with Gasteiger partial charge in [-0.05, 0) is 24.3 Å².